The average molecular weight is 474 g/mol. The van der Waals surface area contributed by atoms with Crippen LogP contribution in [0.3, 0.4) is 0 Å². The number of piperidine rings is 2. The highest BCUT2D eigenvalue weighted by molar-refractivity contribution is 6.10. The van der Waals surface area contributed by atoms with Gasteiger partial charge in [-0.15, -0.1) is 0 Å². The van der Waals surface area contributed by atoms with E-state index in [1.807, 2.05) is 12.1 Å². The number of carbonyl (C=O) groups excluding carboxylic acids is 3. The maximum Gasteiger partial charge on any atom is 0.255 e. The van der Waals surface area contributed by atoms with Crippen molar-refractivity contribution in [3.8, 4) is 5.75 Å². The number of imide groups is 1. The van der Waals surface area contributed by atoms with Crippen LogP contribution in [0.1, 0.15) is 65.9 Å². The van der Waals surface area contributed by atoms with E-state index in [0.29, 0.717) is 24.9 Å². The number of ether oxygens (including phenoxy) is 1. The Kier molecular flexibility index (Phi) is 5.60. The number of fused-ring (bicyclic) bond motifs is 3. The number of amides is 3. The summed E-state index contributed by atoms with van der Waals surface area (Å²) in [5, 5.41) is 5.67. The zero-order chi connectivity index (χ0) is 24.0. The van der Waals surface area contributed by atoms with Crippen molar-refractivity contribution in [2.24, 2.45) is 5.92 Å². The van der Waals surface area contributed by atoms with Crippen molar-refractivity contribution in [3.05, 3.63) is 65.2 Å². The van der Waals surface area contributed by atoms with Crippen LogP contribution >= 0.6 is 0 Å². The summed E-state index contributed by atoms with van der Waals surface area (Å²) >= 11 is 0. The number of benzene rings is 2. The molecule has 5 fully saturated rings. The second kappa shape index (κ2) is 8.79. The van der Waals surface area contributed by atoms with E-state index in [1.165, 1.54) is 18.4 Å². The van der Waals surface area contributed by atoms with Gasteiger partial charge in [-0.3, -0.25) is 19.7 Å². The van der Waals surface area contributed by atoms with Crippen molar-refractivity contribution < 1.29 is 19.1 Å². The second-order valence-corrected chi connectivity index (χ2v) is 10.5. The van der Waals surface area contributed by atoms with Gasteiger partial charge in [-0.05, 0) is 67.9 Å². The quantitative estimate of drug-likeness (QED) is 0.667. The number of nitrogens with zero attached hydrogens (tertiary/aromatic N) is 1. The summed E-state index contributed by atoms with van der Waals surface area (Å²) in [6.07, 6.45) is 5.75. The van der Waals surface area contributed by atoms with E-state index in [-0.39, 0.29) is 29.7 Å². The van der Waals surface area contributed by atoms with Gasteiger partial charge < -0.3 is 15.0 Å². The highest BCUT2D eigenvalue weighted by Crippen LogP contribution is 2.49. The molecule has 2 N–H and O–H groups in total. The zero-order valence-electron chi connectivity index (χ0n) is 19.8. The van der Waals surface area contributed by atoms with Crippen molar-refractivity contribution in [3.63, 3.8) is 0 Å². The molecule has 2 aromatic carbocycles. The highest BCUT2D eigenvalue weighted by Gasteiger charge is 2.62. The van der Waals surface area contributed by atoms with Gasteiger partial charge in [0.1, 0.15) is 11.3 Å². The number of carbonyl (C=O) groups is 3. The number of nitrogens with one attached hydrogen (secondary N) is 2. The summed E-state index contributed by atoms with van der Waals surface area (Å²) in [7, 11) is 0. The van der Waals surface area contributed by atoms with Gasteiger partial charge in [0, 0.05) is 37.0 Å². The molecule has 35 heavy (non-hydrogen) atoms. The molecule has 0 spiro atoms. The van der Waals surface area contributed by atoms with Crippen LogP contribution in [0.4, 0.5) is 0 Å². The average Bonchev–Trinajstić information content (AvgIpc) is 3.41. The fourth-order valence-corrected chi connectivity index (χ4v) is 5.96. The molecule has 4 aliphatic heterocycles. The molecule has 6 aliphatic rings. The highest BCUT2D eigenvalue weighted by atomic mass is 16.5. The Hall–Kier alpha value is -3.19. The fourth-order valence-electron chi connectivity index (χ4n) is 5.96. The van der Waals surface area contributed by atoms with Crippen molar-refractivity contribution in [2.75, 3.05) is 13.1 Å². The van der Waals surface area contributed by atoms with Gasteiger partial charge >= 0.3 is 0 Å². The lowest BCUT2D eigenvalue weighted by Gasteiger charge is -2.53. The van der Waals surface area contributed by atoms with Crippen LogP contribution in [0, 0.1) is 5.92 Å². The van der Waals surface area contributed by atoms with Gasteiger partial charge in [0.25, 0.3) is 11.8 Å². The second-order valence-electron chi connectivity index (χ2n) is 10.5. The molecule has 0 radical (unpaired) electrons. The normalized spacial score (nSPS) is 27.4. The van der Waals surface area contributed by atoms with E-state index in [9.17, 15) is 14.4 Å². The van der Waals surface area contributed by atoms with E-state index in [4.69, 9.17) is 4.74 Å². The van der Waals surface area contributed by atoms with E-state index in [0.717, 1.165) is 43.2 Å². The van der Waals surface area contributed by atoms with Crippen molar-refractivity contribution in [1.82, 2.24) is 15.5 Å². The molecule has 8 rings (SSSR count). The molecule has 4 heterocycles. The fraction of sp³-hybridized carbons (Fsp3) is 0.464. The minimum atomic E-state index is -0.846. The van der Waals surface area contributed by atoms with Gasteiger partial charge in [-0.25, -0.2) is 0 Å². The number of hydrogen-bond acceptors (Lipinski definition) is 5. The Morgan fingerprint density at radius 2 is 1.66 bits per heavy atom. The molecule has 3 saturated heterocycles. The van der Waals surface area contributed by atoms with Gasteiger partial charge in [0.2, 0.25) is 5.91 Å². The van der Waals surface area contributed by atoms with Gasteiger partial charge in [0.05, 0.1) is 6.10 Å². The topological polar surface area (TPSA) is 87.7 Å². The number of hydrogen-bond donors (Lipinski definition) is 2. The molecular weight excluding hydrogens is 442 g/mol. The standard InChI is InChI=1S/C19H20N2O4.C9H11N/c22-16-12-8-19(9-12,18(24)20-16)21-10-11-7-14(5-6-15(11)17(21)23)25-13-3-1-2-4-13;1-2-4-8(5-3-1)9-6-10-7-9/h5-7,12-13H,1-4,8-10H2,(H,20,22,24);1-5,9-10H,6-7H2. The predicted molar refractivity (Wildman–Crippen MR) is 130 cm³/mol. The van der Waals surface area contributed by atoms with Crippen LogP contribution in [0.5, 0.6) is 5.75 Å². The van der Waals surface area contributed by atoms with E-state index >= 15 is 0 Å². The molecule has 3 amide bonds. The van der Waals surface area contributed by atoms with Crippen LogP contribution in [-0.4, -0.2) is 47.4 Å². The molecule has 2 saturated carbocycles. The molecule has 0 aromatic heterocycles. The first-order chi connectivity index (χ1) is 17.0. The Morgan fingerprint density at radius 3 is 2.31 bits per heavy atom. The Balaban J connectivity index is 0.000000191. The summed E-state index contributed by atoms with van der Waals surface area (Å²) in [5.41, 5.74) is 2.17. The smallest absolute Gasteiger partial charge is 0.255 e. The summed E-state index contributed by atoms with van der Waals surface area (Å²) < 4.78 is 6.03. The molecule has 2 aliphatic carbocycles. The van der Waals surface area contributed by atoms with Crippen molar-refractivity contribution in [2.45, 2.75) is 62.6 Å². The molecule has 182 valence electrons. The van der Waals surface area contributed by atoms with Crippen molar-refractivity contribution in [1.29, 1.82) is 0 Å². The lowest BCUT2D eigenvalue weighted by atomic mass is 9.63. The first-order valence-electron chi connectivity index (χ1n) is 12.8. The first kappa shape index (κ1) is 22.3. The van der Waals surface area contributed by atoms with E-state index in [1.54, 1.807) is 11.0 Å². The molecule has 0 atom stereocenters. The van der Waals surface area contributed by atoms with Gasteiger partial charge in [-0.1, -0.05) is 30.3 Å². The summed E-state index contributed by atoms with van der Waals surface area (Å²) in [6, 6.07) is 16.3. The van der Waals surface area contributed by atoms with Crippen LogP contribution < -0.4 is 15.4 Å². The molecule has 7 nitrogen and oxygen atoms in total. The minimum absolute atomic E-state index is 0.120. The monoisotopic (exact) mass is 473 g/mol. The van der Waals surface area contributed by atoms with Crippen LogP contribution in [0.2, 0.25) is 0 Å². The predicted octanol–water partition coefficient (Wildman–Crippen LogP) is 3.14. The molecule has 0 unspecified atom stereocenters. The van der Waals surface area contributed by atoms with Crippen molar-refractivity contribution >= 4 is 17.7 Å². The maximum atomic E-state index is 12.8. The summed E-state index contributed by atoms with van der Waals surface area (Å²) in [5.74, 6) is 0.779. The number of rotatable bonds is 4. The van der Waals surface area contributed by atoms with E-state index < -0.39 is 5.54 Å². The van der Waals surface area contributed by atoms with Crippen LogP contribution in [0.25, 0.3) is 0 Å². The largest absolute Gasteiger partial charge is 0.490 e. The van der Waals surface area contributed by atoms with Crippen LogP contribution in [-0.2, 0) is 16.1 Å². The Bertz CT molecular complexity index is 1150. The third-order valence-electron chi connectivity index (χ3n) is 8.25. The molecule has 2 bridgehead atoms. The van der Waals surface area contributed by atoms with Crippen LogP contribution in [0.15, 0.2) is 48.5 Å². The zero-order valence-corrected chi connectivity index (χ0v) is 19.8. The molecule has 7 heteroatoms. The summed E-state index contributed by atoms with van der Waals surface area (Å²) in [4.78, 5) is 38.5. The molecular formula is C28H31N3O4. The molecule has 2 aromatic rings. The van der Waals surface area contributed by atoms with Gasteiger partial charge in [0.15, 0.2) is 0 Å². The van der Waals surface area contributed by atoms with E-state index in [2.05, 4.69) is 41.0 Å². The SMILES string of the molecule is O=C1NC(=O)C2(N3Cc4cc(OC5CCCC5)ccc4C3=O)CC1C2.c1ccc(C2CNC2)cc1. The third-order valence-corrected chi connectivity index (χ3v) is 8.25. The van der Waals surface area contributed by atoms with Gasteiger partial charge in [-0.2, -0.15) is 0 Å². The lowest BCUT2D eigenvalue weighted by Crippen LogP contribution is -2.73. The third kappa shape index (κ3) is 3.92. The summed E-state index contributed by atoms with van der Waals surface area (Å²) in [6.45, 7) is 2.72. The Labute approximate surface area is 205 Å². The lowest BCUT2D eigenvalue weighted by molar-refractivity contribution is -0.160. The maximum absolute atomic E-state index is 12.8. The minimum Gasteiger partial charge on any atom is -0.490 e. The Morgan fingerprint density at radius 1 is 0.914 bits per heavy atom. The first-order valence-corrected chi connectivity index (χ1v) is 12.8.